The second kappa shape index (κ2) is 7.88. The van der Waals surface area contributed by atoms with Crippen molar-refractivity contribution < 1.29 is 9.35 Å². The molecule has 1 aliphatic rings. The molecule has 5 heteroatoms. The number of anilines is 1. The van der Waals surface area contributed by atoms with Crippen molar-refractivity contribution in [2.45, 2.75) is 25.0 Å². The second-order valence-electron chi connectivity index (χ2n) is 5.66. The molecule has 3 rings (SSSR count). The number of amides is 1. The Morgan fingerprint density at radius 1 is 1.08 bits per heavy atom. The van der Waals surface area contributed by atoms with Crippen molar-refractivity contribution in [2.75, 3.05) is 5.32 Å². The van der Waals surface area contributed by atoms with Gasteiger partial charge < -0.3 is 9.87 Å². The molecule has 1 aliphatic carbocycles. The molecule has 0 spiro atoms. The quantitative estimate of drug-likeness (QED) is 0.789. The molecule has 0 radical (unpaired) electrons. The zero-order valence-electron chi connectivity index (χ0n) is 13.1. The van der Waals surface area contributed by atoms with Crippen molar-refractivity contribution in [1.82, 2.24) is 0 Å². The van der Waals surface area contributed by atoms with E-state index in [0.717, 1.165) is 16.9 Å². The molecule has 2 aromatic carbocycles. The van der Waals surface area contributed by atoms with Crippen LogP contribution in [0.2, 0.25) is 5.02 Å². The van der Waals surface area contributed by atoms with Gasteiger partial charge in [0.25, 0.3) is 5.91 Å². The summed E-state index contributed by atoms with van der Waals surface area (Å²) in [5.41, 5.74) is 2.24. The van der Waals surface area contributed by atoms with Gasteiger partial charge in [0.05, 0.1) is 16.3 Å². The minimum Gasteiger partial charge on any atom is -0.611 e. The summed E-state index contributed by atoms with van der Waals surface area (Å²) in [6.45, 7) is 0. The Labute approximate surface area is 149 Å². The van der Waals surface area contributed by atoms with Gasteiger partial charge in [0.1, 0.15) is 10.7 Å². The topological polar surface area (TPSA) is 52.2 Å². The molecule has 0 bridgehead atoms. The number of carbonyl (C=O) groups excluding carboxylic acids is 1. The normalized spacial score (nSPS) is 15.4. The lowest BCUT2D eigenvalue weighted by Crippen LogP contribution is -2.17. The van der Waals surface area contributed by atoms with E-state index in [1.807, 2.05) is 42.5 Å². The maximum atomic E-state index is 12.7. The fourth-order valence-electron chi connectivity index (χ4n) is 2.78. The first-order chi connectivity index (χ1) is 11.6. The largest absolute Gasteiger partial charge is 0.611 e. The van der Waals surface area contributed by atoms with Gasteiger partial charge in [-0.15, -0.1) is 0 Å². The fourth-order valence-corrected chi connectivity index (χ4v) is 4.47. The SMILES string of the molecule is O=C(Nc1ccccc1Cl)C1=C([S+]([O-])Cc2ccccc2)CCC1. The summed E-state index contributed by atoms with van der Waals surface area (Å²) in [4.78, 5) is 13.3. The highest BCUT2D eigenvalue weighted by Gasteiger charge is 2.29. The van der Waals surface area contributed by atoms with E-state index in [2.05, 4.69) is 5.32 Å². The Bertz CT molecular complexity index is 761. The summed E-state index contributed by atoms with van der Waals surface area (Å²) in [5, 5.41) is 3.33. The van der Waals surface area contributed by atoms with Crippen LogP contribution in [0, 0.1) is 0 Å². The van der Waals surface area contributed by atoms with E-state index in [-0.39, 0.29) is 5.91 Å². The molecule has 24 heavy (non-hydrogen) atoms. The lowest BCUT2D eigenvalue weighted by Gasteiger charge is -2.14. The van der Waals surface area contributed by atoms with E-state index in [1.165, 1.54) is 0 Å². The van der Waals surface area contributed by atoms with Crippen molar-refractivity contribution in [3.63, 3.8) is 0 Å². The highest BCUT2D eigenvalue weighted by atomic mass is 35.5. The first-order valence-corrected chi connectivity index (χ1v) is 9.55. The van der Waals surface area contributed by atoms with Crippen LogP contribution >= 0.6 is 11.6 Å². The standard InChI is InChI=1S/C19H18ClNO2S/c20-16-10-4-5-11-17(16)21-19(22)15-9-6-12-18(15)24(23)13-14-7-2-1-3-8-14/h1-5,7-8,10-11H,6,9,12-13H2,(H,21,22). The summed E-state index contributed by atoms with van der Waals surface area (Å²) >= 11 is 4.92. The number of para-hydroxylation sites is 1. The monoisotopic (exact) mass is 359 g/mol. The summed E-state index contributed by atoms with van der Waals surface area (Å²) in [5.74, 6) is 0.246. The average molecular weight is 360 g/mol. The maximum Gasteiger partial charge on any atom is 0.256 e. The first kappa shape index (κ1) is 17.1. The summed E-state index contributed by atoms with van der Waals surface area (Å²) < 4.78 is 12.7. The molecule has 0 heterocycles. The van der Waals surface area contributed by atoms with Gasteiger partial charge in [-0.1, -0.05) is 54.1 Å². The van der Waals surface area contributed by atoms with Crippen LogP contribution in [0.1, 0.15) is 24.8 Å². The van der Waals surface area contributed by atoms with Crippen LogP contribution < -0.4 is 5.32 Å². The fraction of sp³-hybridized carbons (Fsp3) is 0.211. The molecular weight excluding hydrogens is 342 g/mol. The molecule has 0 saturated carbocycles. The Morgan fingerprint density at radius 2 is 1.79 bits per heavy atom. The van der Waals surface area contributed by atoms with Gasteiger partial charge in [-0.25, -0.2) is 0 Å². The molecule has 3 nitrogen and oxygen atoms in total. The number of hydrogen-bond donors (Lipinski definition) is 1. The van der Waals surface area contributed by atoms with Crippen molar-refractivity contribution in [2.24, 2.45) is 0 Å². The van der Waals surface area contributed by atoms with Gasteiger partial charge in [0, 0.05) is 12.0 Å². The van der Waals surface area contributed by atoms with Crippen molar-refractivity contribution in [3.8, 4) is 0 Å². The molecule has 0 fully saturated rings. The minimum atomic E-state index is -1.17. The highest BCUT2D eigenvalue weighted by Crippen LogP contribution is 2.33. The second-order valence-corrected chi connectivity index (χ2v) is 7.54. The Hall–Kier alpha value is -1.75. The lowest BCUT2D eigenvalue weighted by atomic mass is 10.2. The number of benzene rings is 2. The molecule has 0 saturated heterocycles. The van der Waals surface area contributed by atoms with Gasteiger partial charge in [0.2, 0.25) is 0 Å². The third-order valence-electron chi connectivity index (χ3n) is 3.98. The number of nitrogens with one attached hydrogen (secondary N) is 1. The Kier molecular flexibility index (Phi) is 5.61. The van der Waals surface area contributed by atoms with Crippen LogP contribution in [0.25, 0.3) is 0 Å². The molecule has 2 aromatic rings. The number of allylic oxidation sites excluding steroid dienone is 1. The van der Waals surface area contributed by atoms with Gasteiger partial charge in [-0.3, -0.25) is 4.79 Å². The van der Waals surface area contributed by atoms with E-state index in [9.17, 15) is 9.35 Å². The molecule has 0 aromatic heterocycles. The molecule has 124 valence electrons. The Morgan fingerprint density at radius 3 is 2.54 bits per heavy atom. The van der Waals surface area contributed by atoms with Gasteiger partial charge >= 0.3 is 0 Å². The summed E-state index contributed by atoms with van der Waals surface area (Å²) in [7, 11) is 0. The molecule has 1 amide bonds. The van der Waals surface area contributed by atoms with Crippen LogP contribution in [-0.2, 0) is 21.7 Å². The van der Waals surface area contributed by atoms with E-state index < -0.39 is 11.2 Å². The minimum absolute atomic E-state index is 0.197. The van der Waals surface area contributed by atoms with Crippen LogP contribution in [0.3, 0.4) is 0 Å². The number of halogens is 1. The van der Waals surface area contributed by atoms with Gasteiger partial charge in [-0.05, 0) is 36.2 Å². The number of hydrogen-bond acceptors (Lipinski definition) is 2. The average Bonchev–Trinajstić information content (AvgIpc) is 3.08. The zero-order valence-corrected chi connectivity index (χ0v) is 14.7. The number of carbonyl (C=O) groups is 1. The van der Waals surface area contributed by atoms with E-state index in [0.29, 0.717) is 34.9 Å². The van der Waals surface area contributed by atoms with Crippen molar-refractivity contribution in [1.29, 1.82) is 0 Å². The third-order valence-corrected chi connectivity index (χ3v) is 5.90. The third kappa shape index (κ3) is 4.01. The van der Waals surface area contributed by atoms with Crippen LogP contribution in [0.4, 0.5) is 5.69 Å². The van der Waals surface area contributed by atoms with E-state index in [1.54, 1.807) is 12.1 Å². The lowest BCUT2D eigenvalue weighted by molar-refractivity contribution is -0.112. The smallest absolute Gasteiger partial charge is 0.256 e. The predicted molar refractivity (Wildman–Crippen MR) is 99.2 cm³/mol. The van der Waals surface area contributed by atoms with Crippen LogP contribution in [-0.4, -0.2) is 10.5 Å². The van der Waals surface area contributed by atoms with E-state index >= 15 is 0 Å². The van der Waals surface area contributed by atoms with Crippen LogP contribution in [0.5, 0.6) is 0 Å². The van der Waals surface area contributed by atoms with Gasteiger partial charge in [0.15, 0.2) is 0 Å². The molecule has 1 atom stereocenters. The van der Waals surface area contributed by atoms with E-state index in [4.69, 9.17) is 11.6 Å². The predicted octanol–water partition coefficient (Wildman–Crippen LogP) is 4.67. The number of rotatable bonds is 5. The summed E-state index contributed by atoms with van der Waals surface area (Å²) in [6, 6.07) is 16.8. The molecule has 0 aliphatic heterocycles. The first-order valence-electron chi connectivity index (χ1n) is 7.85. The van der Waals surface area contributed by atoms with Crippen molar-refractivity contribution in [3.05, 3.63) is 75.7 Å². The highest BCUT2D eigenvalue weighted by molar-refractivity contribution is 7.94. The van der Waals surface area contributed by atoms with Gasteiger partial charge in [-0.2, -0.15) is 0 Å². The van der Waals surface area contributed by atoms with Crippen LogP contribution in [0.15, 0.2) is 65.1 Å². The molecular formula is C19H18ClNO2S. The molecule has 1 unspecified atom stereocenters. The van der Waals surface area contributed by atoms with Crippen molar-refractivity contribution >= 4 is 34.4 Å². The Balaban J connectivity index is 1.76. The summed E-state index contributed by atoms with van der Waals surface area (Å²) in [6.07, 6.45) is 2.23. The molecule has 1 N–H and O–H groups in total. The zero-order chi connectivity index (χ0) is 16.9. The maximum absolute atomic E-state index is 12.7.